The molecule has 6 nitrogen and oxygen atoms in total. The molecule has 6 heteroatoms. The number of hydrogen-bond acceptors (Lipinski definition) is 3. The van der Waals surface area contributed by atoms with Crippen molar-refractivity contribution in [2.24, 2.45) is 5.92 Å². The van der Waals surface area contributed by atoms with Crippen LogP contribution in [0.1, 0.15) is 26.2 Å². The lowest BCUT2D eigenvalue weighted by atomic mass is 10.1. The molecule has 0 bridgehead atoms. The summed E-state index contributed by atoms with van der Waals surface area (Å²) in [5.41, 5.74) is 1.87. The molecule has 120 valence electrons. The number of carbonyl (C=O) groups excluding carboxylic acids is 2. The lowest BCUT2D eigenvalue weighted by Crippen LogP contribution is -2.30. The Morgan fingerprint density at radius 3 is 2.87 bits per heavy atom. The fourth-order valence-electron chi connectivity index (χ4n) is 3.35. The first-order chi connectivity index (χ1) is 11.2. The van der Waals surface area contributed by atoms with E-state index in [9.17, 15) is 9.59 Å². The molecule has 1 saturated carbocycles. The predicted octanol–water partition coefficient (Wildman–Crippen LogP) is 2.01. The van der Waals surface area contributed by atoms with Crippen molar-refractivity contribution in [2.45, 2.75) is 38.8 Å². The molecule has 23 heavy (non-hydrogen) atoms. The van der Waals surface area contributed by atoms with Crippen molar-refractivity contribution in [1.29, 1.82) is 0 Å². The molecule has 2 heterocycles. The van der Waals surface area contributed by atoms with E-state index in [1.165, 1.54) is 0 Å². The maximum Gasteiger partial charge on any atom is 0.232 e. The van der Waals surface area contributed by atoms with Gasteiger partial charge in [0.2, 0.25) is 17.8 Å². The van der Waals surface area contributed by atoms with Gasteiger partial charge in [0, 0.05) is 25.6 Å². The fraction of sp³-hybridized carbons (Fsp3) is 0.471. The molecular formula is C17H20N4O2. The standard InChI is InChI=1S/C17H20N4O2/c1-2-20-14-6-4-3-5-13(14)18-17(20)19-16(23)11-9-15(22)21(10-11)12-7-8-12/h3-6,11-12H,2,7-10H2,1H3,(H,18,19,23). The topological polar surface area (TPSA) is 67.2 Å². The van der Waals surface area contributed by atoms with Gasteiger partial charge >= 0.3 is 0 Å². The molecular weight excluding hydrogens is 292 g/mol. The molecule has 1 aliphatic heterocycles. The molecule has 4 rings (SSSR count). The van der Waals surface area contributed by atoms with E-state index < -0.39 is 0 Å². The average molecular weight is 312 g/mol. The van der Waals surface area contributed by atoms with Crippen LogP contribution in [0, 0.1) is 5.92 Å². The monoisotopic (exact) mass is 312 g/mol. The second-order valence-electron chi connectivity index (χ2n) is 6.34. The van der Waals surface area contributed by atoms with Gasteiger partial charge in [0.05, 0.1) is 17.0 Å². The summed E-state index contributed by atoms with van der Waals surface area (Å²) in [6, 6.07) is 8.20. The molecule has 1 saturated heterocycles. The minimum absolute atomic E-state index is 0.105. The highest BCUT2D eigenvalue weighted by Gasteiger charge is 2.41. The van der Waals surface area contributed by atoms with E-state index >= 15 is 0 Å². The van der Waals surface area contributed by atoms with E-state index in [0.29, 0.717) is 25.0 Å². The van der Waals surface area contributed by atoms with Crippen molar-refractivity contribution in [3.63, 3.8) is 0 Å². The second kappa shape index (κ2) is 5.37. The lowest BCUT2D eigenvalue weighted by molar-refractivity contribution is -0.128. The Morgan fingerprint density at radius 1 is 1.35 bits per heavy atom. The molecule has 1 aromatic heterocycles. The molecule has 2 aliphatic rings. The number of rotatable bonds is 4. The Balaban J connectivity index is 1.54. The van der Waals surface area contributed by atoms with Gasteiger partial charge in [0.25, 0.3) is 0 Å². The smallest absolute Gasteiger partial charge is 0.232 e. The first kappa shape index (κ1) is 14.2. The first-order valence-corrected chi connectivity index (χ1v) is 8.23. The molecule has 2 amide bonds. The molecule has 2 fully saturated rings. The Labute approximate surface area is 134 Å². The summed E-state index contributed by atoms with van der Waals surface area (Å²) in [5, 5.41) is 2.93. The van der Waals surface area contributed by atoms with Gasteiger partial charge in [-0.2, -0.15) is 0 Å². The number of imidazole rings is 1. The normalized spacial score (nSPS) is 21.2. The highest BCUT2D eigenvalue weighted by Crippen LogP contribution is 2.33. The van der Waals surface area contributed by atoms with Crippen molar-refractivity contribution in [3.8, 4) is 0 Å². The number of aromatic nitrogens is 2. The van der Waals surface area contributed by atoms with Crippen LogP contribution in [0.15, 0.2) is 24.3 Å². The van der Waals surface area contributed by atoms with Gasteiger partial charge in [0.1, 0.15) is 0 Å². The zero-order valence-electron chi connectivity index (χ0n) is 13.2. The molecule has 2 aromatic rings. The van der Waals surface area contributed by atoms with Crippen LogP contribution in [0.2, 0.25) is 0 Å². The minimum Gasteiger partial charge on any atom is -0.339 e. The minimum atomic E-state index is -0.270. The molecule has 1 aliphatic carbocycles. The highest BCUT2D eigenvalue weighted by atomic mass is 16.2. The van der Waals surface area contributed by atoms with Gasteiger partial charge < -0.3 is 9.47 Å². The van der Waals surface area contributed by atoms with E-state index in [1.54, 1.807) is 0 Å². The van der Waals surface area contributed by atoms with E-state index in [0.717, 1.165) is 30.4 Å². The van der Waals surface area contributed by atoms with Gasteiger partial charge in [-0.15, -0.1) is 0 Å². The molecule has 1 atom stereocenters. The zero-order chi connectivity index (χ0) is 16.0. The number of aryl methyl sites for hydroxylation is 1. The van der Waals surface area contributed by atoms with Crippen molar-refractivity contribution in [3.05, 3.63) is 24.3 Å². The third kappa shape index (κ3) is 2.48. The number of likely N-dealkylation sites (tertiary alicyclic amines) is 1. The van der Waals surface area contributed by atoms with Gasteiger partial charge in [0.15, 0.2) is 0 Å². The molecule has 1 N–H and O–H groups in total. The number of benzene rings is 1. The van der Waals surface area contributed by atoms with Crippen molar-refractivity contribution in [2.75, 3.05) is 11.9 Å². The van der Waals surface area contributed by atoms with E-state index in [1.807, 2.05) is 40.7 Å². The fourth-order valence-corrected chi connectivity index (χ4v) is 3.35. The van der Waals surface area contributed by atoms with Gasteiger partial charge in [-0.25, -0.2) is 4.98 Å². The van der Waals surface area contributed by atoms with Crippen molar-refractivity contribution in [1.82, 2.24) is 14.5 Å². The quantitative estimate of drug-likeness (QED) is 0.939. The van der Waals surface area contributed by atoms with Crippen LogP contribution in [0.4, 0.5) is 5.95 Å². The van der Waals surface area contributed by atoms with Crippen LogP contribution < -0.4 is 5.32 Å². The average Bonchev–Trinajstić information content (AvgIpc) is 3.22. The number of hydrogen-bond donors (Lipinski definition) is 1. The number of fused-ring (bicyclic) bond motifs is 1. The van der Waals surface area contributed by atoms with Crippen LogP contribution in [0.25, 0.3) is 11.0 Å². The first-order valence-electron chi connectivity index (χ1n) is 8.23. The van der Waals surface area contributed by atoms with Crippen LogP contribution in [-0.4, -0.2) is 38.9 Å². The van der Waals surface area contributed by atoms with Crippen LogP contribution in [-0.2, 0) is 16.1 Å². The highest BCUT2D eigenvalue weighted by molar-refractivity contribution is 5.97. The second-order valence-corrected chi connectivity index (χ2v) is 6.34. The summed E-state index contributed by atoms with van der Waals surface area (Å²) in [7, 11) is 0. The third-order valence-corrected chi connectivity index (χ3v) is 4.72. The Bertz CT molecular complexity index is 778. The summed E-state index contributed by atoms with van der Waals surface area (Å²) >= 11 is 0. The lowest BCUT2D eigenvalue weighted by Gasteiger charge is -2.15. The number of anilines is 1. The largest absolute Gasteiger partial charge is 0.339 e. The van der Waals surface area contributed by atoms with E-state index in [4.69, 9.17) is 0 Å². The molecule has 1 unspecified atom stereocenters. The number of carbonyl (C=O) groups is 2. The maximum atomic E-state index is 12.6. The number of para-hydroxylation sites is 2. The number of amides is 2. The summed E-state index contributed by atoms with van der Waals surface area (Å²) in [6.07, 6.45) is 2.46. The Hall–Kier alpha value is -2.37. The maximum absolute atomic E-state index is 12.6. The molecule has 1 aromatic carbocycles. The van der Waals surface area contributed by atoms with Crippen LogP contribution in [0.3, 0.4) is 0 Å². The summed E-state index contributed by atoms with van der Waals surface area (Å²) in [6.45, 7) is 3.30. The summed E-state index contributed by atoms with van der Waals surface area (Å²) in [4.78, 5) is 30.9. The van der Waals surface area contributed by atoms with Crippen molar-refractivity contribution >= 4 is 28.8 Å². The number of nitrogens with one attached hydrogen (secondary N) is 1. The van der Waals surface area contributed by atoms with Gasteiger partial charge in [-0.05, 0) is 31.9 Å². The van der Waals surface area contributed by atoms with Crippen LogP contribution >= 0.6 is 0 Å². The Morgan fingerprint density at radius 2 is 2.13 bits per heavy atom. The van der Waals surface area contributed by atoms with Crippen LogP contribution in [0.5, 0.6) is 0 Å². The summed E-state index contributed by atoms with van der Waals surface area (Å²) < 4.78 is 1.99. The zero-order valence-corrected chi connectivity index (χ0v) is 13.2. The predicted molar refractivity (Wildman–Crippen MR) is 86.9 cm³/mol. The SMILES string of the molecule is CCn1c(NC(=O)C2CC(=O)N(C3CC3)C2)nc2ccccc21. The van der Waals surface area contributed by atoms with Crippen molar-refractivity contribution < 1.29 is 9.59 Å². The van der Waals surface area contributed by atoms with E-state index in [-0.39, 0.29) is 17.7 Å². The third-order valence-electron chi connectivity index (χ3n) is 4.72. The molecule has 0 spiro atoms. The summed E-state index contributed by atoms with van der Waals surface area (Å²) in [5.74, 6) is 0.299. The van der Waals surface area contributed by atoms with E-state index in [2.05, 4.69) is 10.3 Å². The Kier molecular flexibility index (Phi) is 3.32. The van der Waals surface area contributed by atoms with Gasteiger partial charge in [-0.3, -0.25) is 14.9 Å². The molecule has 0 radical (unpaired) electrons. The van der Waals surface area contributed by atoms with Gasteiger partial charge in [-0.1, -0.05) is 12.1 Å². The number of nitrogens with zero attached hydrogens (tertiary/aromatic N) is 3.